The summed E-state index contributed by atoms with van der Waals surface area (Å²) in [5.74, 6) is -0.498. The molecule has 1 saturated heterocycles. The Balaban J connectivity index is 2.13. The van der Waals surface area contributed by atoms with Crippen molar-refractivity contribution in [1.82, 2.24) is 10.2 Å². The first kappa shape index (κ1) is 15.2. The lowest BCUT2D eigenvalue weighted by Crippen LogP contribution is -2.41. The Morgan fingerprint density at radius 1 is 1.50 bits per heavy atom. The van der Waals surface area contributed by atoms with Crippen molar-refractivity contribution >= 4 is 5.91 Å². The SMILES string of the molecule is CCN1CCC[C@@H]1CNC(=O)COCC(F)(F)F. The minimum absolute atomic E-state index is 0.293. The summed E-state index contributed by atoms with van der Waals surface area (Å²) in [6.07, 6.45) is -2.28. The second-order valence-corrected chi connectivity index (χ2v) is 4.34. The smallest absolute Gasteiger partial charge is 0.362 e. The van der Waals surface area contributed by atoms with E-state index in [1.807, 2.05) is 6.92 Å². The summed E-state index contributed by atoms with van der Waals surface area (Å²) in [6.45, 7) is 2.53. The van der Waals surface area contributed by atoms with Crippen molar-refractivity contribution < 1.29 is 22.7 Å². The van der Waals surface area contributed by atoms with Gasteiger partial charge in [0.1, 0.15) is 13.2 Å². The van der Waals surface area contributed by atoms with Gasteiger partial charge in [0.05, 0.1) is 0 Å². The van der Waals surface area contributed by atoms with E-state index in [1.54, 1.807) is 0 Å². The average Bonchev–Trinajstić information content (AvgIpc) is 2.71. The van der Waals surface area contributed by atoms with Crippen LogP contribution in [0.1, 0.15) is 19.8 Å². The molecule has 1 rings (SSSR count). The fourth-order valence-electron chi connectivity index (χ4n) is 2.08. The highest BCUT2D eigenvalue weighted by Gasteiger charge is 2.28. The van der Waals surface area contributed by atoms with Crippen molar-refractivity contribution in [3.8, 4) is 0 Å². The molecule has 0 saturated carbocycles. The number of ether oxygens (including phenoxy) is 1. The van der Waals surface area contributed by atoms with Crippen molar-refractivity contribution in [3.63, 3.8) is 0 Å². The van der Waals surface area contributed by atoms with Gasteiger partial charge in [0.2, 0.25) is 5.91 Å². The molecule has 1 N–H and O–H groups in total. The van der Waals surface area contributed by atoms with E-state index in [-0.39, 0.29) is 0 Å². The van der Waals surface area contributed by atoms with Crippen LogP contribution in [0.4, 0.5) is 13.2 Å². The van der Waals surface area contributed by atoms with Crippen molar-refractivity contribution in [2.75, 3.05) is 32.8 Å². The summed E-state index contributed by atoms with van der Waals surface area (Å²) in [5, 5.41) is 2.60. The Hall–Kier alpha value is -0.820. The van der Waals surface area contributed by atoms with Gasteiger partial charge in [-0.25, -0.2) is 0 Å². The monoisotopic (exact) mass is 268 g/mol. The average molecular weight is 268 g/mol. The fourth-order valence-corrected chi connectivity index (χ4v) is 2.08. The van der Waals surface area contributed by atoms with Crippen molar-refractivity contribution in [1.29, 1.82) is 0 Å². The molecule has 0 aromatic heterocycles. The van der Waals surface area contributed by atoms with Gasteiger partial charge >= 0.3 is 6.18 Å². The molecule has 0 aliphatic carbocycles. The molecular formula is C11H19F3N2O2. The number of alkyl halides is 3. The molecule has 0 bridgehead atoms. The van der Waals surface area contributed by atoms with Crippen molar-refractivity contribution in [2.45, 2.75) is 32.0 Å². The van der Waals surface area contributed by atoms with Gasteiger partial charge in [0, 0.05) is 12.6 Å². The third-order valence-electron chi connectivity index (χ3n) is 2.94. The Morgan fingerprint density at radius 3 is 2.83 bits per heavy atom. The molecule has 0 aromatic carbocycles. The minimum atomic E-state index is -4.38. The third-order valence-corrected chi connectivity index (χ3v) is 2.94. The highest BCUT2D eigenvalue weighted by Crippen LogP contribution is 2.16. The molecule has 0 aromatic rings. The Labute approximate surface area is 104 Å². The van der Waals surface area contributed by atoms with E-state index in [4.69, 9.17) is 0 Å². The second-order valence-electron chi connectivity index (χ2n) is 4.34. The summed E-state index contributed by atoms with van der Waals surface area (Å²) in [6, 6.07) is 0.293. The number of hydrogen-bond donors (Lipinski definition) is 1. The van der Waals surface area contributed by atoms with E-state index in [1.165, 1.54) is 0 Å². The zero-order chi connectivity index (χ0) is 13.6. The number of halogens is 3. The Kier molecular flexibility index (Phi) is 5.87. The molecule has 1 aliphatic heterocycles. The van der Waals surface area contributed by atoms with Gasteiger partial charge in [-0.2, -0.15) is 13.2 Å². The van der Waals surface area contributed by atoms with Gasteiger partial charge in [-0.15, -0.1) is 0 Å². The van der Waals surface area contributed by atoms with Gasteiger partial charge in [-0.1, -0.05) is 6.92 Å². The topological polar surface area (TPSA) is 41.6 Å². The zero-order valence-electron chi connectivity index (χ0n) is 10.4. The lowest BCUT2D eigenvalue weighted by atomic mass is 10.2. The summed E-state index contributed by atoms with van der Waals surface area (Å²) in [5.41, 5.74) is 0. The largest absolute Gasteiger partial charge is 0.411 e. The number of likely N-dealkylation sites (N-methyl/N-ethyl adjacent to an activating group) is 1. The number of likely N-dealkylation sites (tertiary alicyclic amines) is 1. The Morgan fingerprint density at radius 2 is 2.22 bits per heavy atom. The van der Waals surface area contributed by atoms with E-state index < -0.39 is 25.3 Å². The van der Waals surface area contributed by atoms with Crippen LogP contribution < -0.4 is 5.32 Å². The van der Waals surface area contributed by atoms with Gasteiger partial charge in [0.25, 0.3) is 0 Å². The first-order chi connectivity index (χ1) is 8.42. The number of hydrogen-bond acceptors (Lipinski definition) is 3. The highest BCUT2D eigenvalue weighted by molar-refractivity contribution is 5.77. The molecule has 0 spiro atoms. The number of rotatable bonds is 6. The fraction of sp³-hybridized carbons (Fsp3) is 0.909. The maximum Gasteiger partial charge on any atom is 0.411 e. The lowest BCUT2D eigenvalue weighted by Gasteiger charge is -2.22. The number of amides is 1. The molecular weight excluding hydrogens is 249 g/mol. The molecule has 0 unspecified atom stereocenters. The predicted molar refractivity (Wildman–Crippen MR) is 60.2 cm³/mol. The van der Waals surface area contributed by atoms with Gasteiger partial charge < -0.3 is 10.1 Å². The number of nitrogens with zero attached hydrogens (tertiary/aromatic N) is 1. The molecule has 7 heteroatoms. The number of nitrogens with one attached hydrogen (secondary N) is 1. The molecule has 0 radical (unpaired) electrons. The number of carbonyl (C=O) groups is 1. The van der Waals surface area contributed by atoms with Crippen LogP contribution in [0.3, 0.4) is 0 Å². The zero-order valence-corrected chi connectivity index (χ0v) is 10.4. The molecule has 1 atom stereocenters. The molecule has 1 heterocycles. The van der Waals surface area contributed by atoms with Gasteiger partial charge in [-0.05, 0) is 25.9 Å². The minimum Gasteiger partial charge on any atom is -0.362 e. The van der Waals surface area contributed by atoms with Crippen LogP contribution >= 0.6 is 0 Å². The lowest BCUT2D eigenvalue weighted by molar-refractivity contribution is -0.175. The van der Waals surface area contributed by atoms with Crippen LogP contribution in [-0.4, -0.2) is 55.9 Å². The number of carbonyl (C=O) groups excluding carboxylic acids is 1. The van der Waals surface area contributed by atoms with Crippen LogP contribution in [0, 0.1) is 0 Å². The van der Waals surface area contributed by atoms with Crippen LogP contribution in [-0.2, 0) is 9.53 Å². The summed E-state index contributed by atoms with van der Waals surface area (Å²) < 4.78 is 39.6. The molecule has 106 valence electrons. The van der Waals surface area contributed by atoms with Crippen LogP contribution in [0.15, 0.2) is 0 Å². The molecule has 1 amide bonds. The van der Waals surface area contributed by atoms with E-state index in [2.05, 4.69) is 15.0 Å². The first-order valence-corrected chi connectivity index (χ1v) is 6.07. The molecule has 1 fully saturated rings. The van der Waals surface area contributed by atoms with Crippen LogP contribution in [0.2, 0.25) is 0 Å². The highest BCUT2D eigenvalue weighted by atomic mass is 19.4. The quantitative estimate of drug-likeness (QED) is 0.786. The Bertz CT molecular complexity index is 272. The van der Waals surface area contributed by atoms with Crippen molar-refractivity contribution in [3.05, 3.63) is 0 Å². The van der Waals surface area contributed by atoms with Gasteiger partial charge in [-0.3, -0.25) is 9.69 Å². The molecule has 1 aliphatic rings. The first-order valence-electron chi connectivity index (χ1n) is 6.07. The van der Waals surface area contributed by atoms with Crippen LogP contribution in [0.25, 0.3) is 0 Å². The van der Waals surface area contributed by atoms with Gasteiger partial charge in [0.15, 0.2) is 0 Å². The maximum absolute atomic E-state index is 11.8. The molecule has 4 nitrogen and oxygen atoms in total. The van der Waals surface area contributed by atoms with Crippen LogP contribution in [0.5, 0.6) is 0 Å². The normalized spacial score (nSPS) is 21.2. The maximum atomic E-state index is 11.8. The van der Waals surface area contributed by atoms with E-state index in [0.29, 0.717) is 12.6 Å². The van der Waals surface area contributed by atoms with E-state index in [0.717, 1.165) is 25.9 Å². The standard InChI is InChI=1S/C11H19F3N2O2/c1-2-16-5-3-4-9(16)6-15-10(17)7-18-8-11(12,13)14/h9H,2-8H2,1H3,(H,15,17)/t9-/m1/s1. The summed E-state index contributed by atoms with van der Waals surface area (Å²) >= 11 is 0. The summed E-state index contributed by atoms with van der Waals surface area (Å²) in [7, 11) is 0. The second kappa shape index (κ2) is 6.94. The van der Waals surface area contributed by atoms with E-state index in [9.17, 15) is 18.0 Å². The predicted octanol–water partition coefficient (Wildman–Crippen LogP) is 1.17. The summed E-state index contributed by atoms with van der Waals surface area (Å²) in [4.78, 5) is 13.5. The van der Waals surface area contributed by atoms with E-state index >= 15 is 0 Å². The van der Waals surface area contributed by atoms with Crippen molar-refractivity contribution in [2.24, 2.45) is 0 Å². The molecule has 18 heavy (non-hydrogen) atoms. The third kappa shape index (κ3) is 5.68.